The summed E-state index contributed by atoms with van der Waals surface area (Å²) in [6.07, 6.45) is 4.03. The molecule has 3 aromatic rings. The lowest BCUT2D eigenvalue weighted by molar-refractivity contribution is 0.0956. The first-order chi connectivity index (χ1) is 17.2. The first kappa shape index (κ1) is 22.7. The van der Waals surface area contributed by atoms with Crippen molar-refractivity contribution >= 4 is 23.4 Å². The quantitative estimate of drug-likeness (QED) is 0.358. The highest BCUT2D eigenvalue weighted by atomic mass is 32.2. The molecule has 0 unspecified atom stereocenters. The van der Waals surface area contributed by atoms with Gasteiger partial charge in [0.1, 0.15) is 0 Å². The van der Waals surface area contributed by atoms with Crippen LogP contribution in [0, 0.1) is 24.7 Å². The molecule has 2 bridgehead atoms. The van der Waals surface area contributed by atoms with Crippen LogP contribution in [0.2, 0.25) is 0 Å². The highest BCUT2D eigenvalue weighted by Crippen LogP contribution is 2.63. The Morgan fingerprint density at radius 2 is 1.80 bits per heavy atom. The number of hydrogen-bond acceptors (Lipinski definition) is 3. The van der Waals surface area contributed by atoms with Crippen molar-refractivity contribution in [1.29, 1.82) is 0 Å². The Bertz CT molecular complexity index is 1190. The van der Waals surface area contributed by atoms with Crippen molar-refractivity contribution in [3.63, 3.8) is 0 Å². The molecule has 1 aliphatic heterocycles. The lowest BCUT2D eigenvalue weighted by Gasteiger charge is -2.43. The second-order valence-electron chi connectivity index (χ2n) is 10.6. The minimum atomic E-state index is 0.0497. The van der Waals surface area contributed by atoms with Crippen molar-refractivity contribution in [2.75, 3.05) is 17.6 Å². The first-order valence-corrected chi connectivity index (χ1v) is 14.2. The number of benzene rings is 3. The fourth-order valence-electron chi connectivity index (χ4n) is 6.83. The van der Waals surface area contributed by atoms with Crippen LogP contribution < -0.4 is 10.6 Å². The van der Waals surface area contributed by atoms with Gasteiger partial charge in [0.25, 0.3) is 5.91 Å². The number of nitrogens with one attached hydrogen (secondary N) is 2. The summed E-state index contributed by atoms with van der Waals surface area (Å²) in [7, 11) is 0. The number of rotatable bonds is 7. The van der Waals surface area contributed by atoms with Gasteiger partial charge in [-0.05, 0) is 84.7 Å². The van der Waals surface area contributed by atoms with Gasteiger partial charge in [-0.15, -0.1) is 0 Å². The Balaban J connectivity index is 1.13. The molecule has 5 atom stereocenters. The van der Waals surface area contributed by atoms with Gasteiger partial charge in [-0.2, -0.15) is 11.8 Å². The van der Waals surface area contributed by atoms with Crippen LogP contribution in [-0.4, -0.2) is 18.2 Å². The fourth-order valence-corrected chi connectivity index (χ4v) is 7.65. The third-order valence-corrected chi connectivity index (χ3v) is 9.46. The van der Waals surface area contributed by atoms with E-state index in [4.69, 9.17) is 0 Å². The van der Waals surface area contributed by atoms with E-state index < -0.39 is 0 Å². The van der Waals surface area contributed by atoms with Gasteiger partial charge < -0.3 is 10.6 Å². The van der Waals surface area contributed by atoms with E-state index in [0.29, 0.717) is 24.4 Å². The van der Waals surface area contributed by atoms with Crippen LogP contribution in [0.4, 0.5) is 5.69 Å². The standard InChI is InChI=1S/C31H34N2OS/c1-20-7-9-21(10-8-20)19-35-16-15-32-31(34)25-13-14-27-26(18-25)28-23-11-12-24(17-23)29(28)30(33-27)22-5-3-2-4-6-22/h2-10,13-14,18,23-24,28-30,33H,11-12,15-17,19H2,1H3,(H,32,34)/t23-,24-,28-,29+,30-/m0/s1. The van der Waals surface area contributed by atoms with Gasteiger partial charge in [0, 0.05) is 29.3 Å². The lowest BCUT2D eigenvalue weighted by atomic mass is 9.68. The molecule has 0 aromatic heterocycles. The normalized spacial score (nSPS) is 26.0. The first-order valence-electron chi connectivity index (χ1n) is 13.0. The highest BCUT2D eigenvalue weighted by Gasteiger charge is 2.53. The van der Waals surface area contributed by atoms with Gasteiger partial charge in [-0.25, -0.2) is 0 Å². The van der Waals surface area contributed by atoms with E-state index in [1.54, 1.807) is 0 Å². The number of thioether (sulfide) groups is 1. The summed E-state index contributed by atoms with van der Waals surface area (Å²) in [6.45, 7) is 2.81. The molecular formula is C31H34N2OS. The predicted octanol–water partition coefficient (Wildman–Crippen LogP) is 6.95. The Morgan fingerprint density at radius 3 is 2.63 bits per heavy atom. The van der Waals surface area contributed by atoms with E-state index in [9.17, 15) is 4.79 Å². The van der Waals surface area contributed by atoms with Crippen LogP contribution in [0.25, 0.3) is 0 Å². The van der Waals surface area contributed by atoms with Crippen molar-refractivity contribution in [3.05, 3.63) is 101 Å². The molecule has 1 amide bonds. The van der Waals surface area contributed by atoms with Crippen LogP contribution in [0.3, 0.4) is 0 Å². The van der Waals surface area contributed by atoms with E-state index in [1.807, 2.05) is 17.8 Å². The summed E-state index contributed by atoms with van der Waals surface area (Å²) >= 11 is 1.87. The van der Waals surface area contributed by atoms with E-state index in [1.165, 1.54) is 47.2 Å². The van der Waals surface area contributed by atoms with E-state index in [0.717, 1.165) is 28.9 Å². The molecule has 2 N–H and O–H groups in total. The summed E-state index contributed by atoms with van der Waals surface area (Å²) in [6, 6.07) is 26.3. The van der Waals surface area contributed by atoms with Gasteiger partial charge >= 0.3 is 0 Å². The van der Waals surface area contributed by atoms with Crippen LogP contribution in [0.15, 0.2) is 72.8 Å². The number of carbonyl (C=O) groups is 1. The minimum absolute atomic E-state index is 0.0497. The predicted molar refractivity (Wildman–Crippen MR) is 146 cm³/mol. The molecule has 4 heteroatoms. The second-order valence-corrected chi connectivity index (χ2v) is 11.7. The average molecular weight is 483 g/mol. The number of carbonyl (C=O) groups excluding carboxylic acids is 1. The highest BCUT2D eigenvalue weighted by molar-refractivity contribution is 7.98. The lowest BCUT2D eigenvalue weighted by Crippen LogP contribution is -2.35. The molecule has 180 valence electrons. The van der Waals surface area contributed by atoms with Crippen LogP contribution in [0.5, 0.6) is 0 Å². The van der Waals surface area contributed by atoms with Crippen molar-refractivity contribution in [2.24, 2.45) is 17.8 Å². The molecular weight excluding hydrogens is 448 g/mol. The number of amides is 1. The third kappa shape index (κ3) is 4.49. The van der Waals surface area contributed by atoms with Crippen molar-refractivity contribution in [3.8, 4) is 0 Å². The van der Waals surface area contributed by atoms with Crippen molar-refractivity contribution < 1.29 is 4.79 Å². The maximum absolute atomic E-state index is 13.0. The van der Waals surface area contributed by atoms with E-state index in [2.05, 4.69) is 84.3 Å². The van der Waals surface area contributed by atoms with Gasteiger partial charge in [0.2, 0.25) is 0 Å². The molecule has 0 saturated heterocycles. The van der Waals surface area contributed by atoms with Gasteiger partial charge in [0.15, 0.2) is 0 Å². The molecule has 0 spiro atoms. The number of hydrogen-bond donors (Lipinski definition) is 2. The van der Waals surface area contributed by atoms with Crippen LogP contribution in [0.1, 0.15) is 63.8 Å². The summed E-state index contributed by atoms with van der Waals surface area (Å²) in [5.74, 6) is 4.68. The number of anilines is 1. The zero-order valence-corrected chi connectivity index (χ0v) is 21.2. The maximum Gasteiger partial charge on any atom is 0.251 e. The summed E-state index contributed by atoms with van der Waals surface area (Å²) in [4.78, 5) is 13.0. The minimum Gasteiger partial charge on any atom is -0.378 e. The molecule has 2 saturated carbocycles. The molecule has 3 aliphatic rings. The Morgan fingerprint density at radius 1 is 1.00 bits per heavy atom. The number of fused-ring (bicyclic) bond motifs is 7. The molecule has 35 heavy (non-hydrogen) atoms. The zero-order valence-electron chi connectivity index (χ0n) is 20.4. The molecule has 3 aromatic carbocycles. The van der Waals surface area contributed by atoms with Crippen LogP contribution in [-0.2, 0) is 5.75 Å². The molecule has 3 nitrogen and oxygen atoms in total. The summed E-state index contributed by atoms with van der Waals surface area (Å²) in [5.41, 5.74) is 7.41. The topological polar surface area (TPSA) is 41.1 Å². The van der Waals surface area contributed by atoms with Gasteiger partial charge in [-0.1, -0.05) is 60.2 Å². The Labute approximate surface area is 213 Å². The van der Waals surface area contributed by atoms with E-state index in [-0.39, 0.29) is 5.91 Å². The summed E-state index contributed by atoms with van der Waals surface area (Å²) in [5, 5.41) is 7.03. The Kier molecular flexibility index (Phi) is 6.32. The van der Waals surface area contributed by atoms with Crippen LogP contribution >= 0.6 is 11.8 Å². The molecule has 0 radical (unpaired) electrons. The third-order valence-electron chi connectivity index (χ3n) is 8.43. The molecule has 2 aliphatic carbocycles. The Hall–Kier alpha value is -2.72. The maximum atomic E-state index is 13.0. The van der Waals surface area contributed by atoms with Crippen molar-refractivity contribution in [1.82, 2.24) is 5.32 Å². The zero-order chi connectivity index (χ0) is 23.8. The molecule has 6 rings (SSSR count). The van der Waals surface area contributed by atoms with Gasteiger partial charge in [-0.3, -0.25) is 4.79 Å². The van der Waals surface area contributed by atoms with E-state index >= 15 is 0 Å². The summed E-state index contributed by atoms with van der Waals surface area (Å²) < 4.78 is 0. The smallest absolute Gasteiger partial charge is 0.251 e. The fraction of sp³-hybridized carbons (Fsp3) is 0.387. The number of aryl methyl sites for hydroxylation is 1. The second kappa shape index (κ2) is 9.73. The SMILES string of the molecule is Cc1ccc(CSCCNC(=O)c2ccc3c(c2)[C@@H]2[C@H]4CC[C@@H](C4)[C@H]2[C@H](c2ccccc2)N3)cc1. The van der Waals surface area contributed by atoms with Gasteiger partial charge in [0.05, 0.1) is 6.04 Å². The largest absolute Gasteiger partial charge is 0.378 e. The van der Waals surface area contributed by atoms with Crippen molar-refractivity contribution in [2.45, 2.75) is 43.9 Å². The molecule has 1 heterocycles. The average Bonchev–Trinajstić information content (AvgIpc) is 3.52. The molecule has 2 fully saturated rings. The monoisotopic (exact) mass is 482 g/mol.